The molecule has 3 heterocycles. The highest BCUT2D eigenvalue weighted by molar-refractivity contribution is 5.81. The molecular formula is C15H22N2O3. The van der Waals surface area contributed by atoms with E-state index >= 15 is 0 Å². The first-order valence-corrected chi connectivity index (χ1v) is 7.35. The number of carbonyl (C=O) groups is 1. The first-order chi connectivity index (χ1) is 9.71. The average molecular weight is 278 g/mol. The number of amides is 1. The Bertz CT molecular complexity index is 446. The highest BCUT2D eigenvalue weighted by atomic mass is 16.5. The van der Waals surface area contributed by atoms with Crippen LogP contribution in [0.4, 0.5) is 0 Å². The van der Waals surface area contributed by atoms with Crippen LogP contribution in [-0.4, -0.2) is 36.6 Å². The quantitative estimate of drug-likeness (QED) is 0.910. The van der Waals surface area contributed by atoms with Crippen LogP contribution in [0, 0.1) is 5.41 Å². The Morgan fingerprint density at radius 3 is 2.85 bits per heavy atom. The van der Waals surface area contributed by atoms with Gasteiger partial charge in [-0.3, -0.25) is 9.69 Å². The van der Waals surface area contributed by atoms with Gasteiger partial charge in [-0.05, 0) is 49.8 Å². The molecule has 0 saturated carbocycles. The number of ether oxygens (including phenoxy) is 1. The summed E-state index contributed by atoms with van der Waals surface area (Å²) < 4.78 is 10.9. The fraction of sp³-hybridized carbons (Fsp3) is 0.667. The van der Waals surface area contributed by atoms with Crippen molar-refractivity contribution in [2.24, 2.45) is 11.1 Å². The van der Waals surface area contributed by atoms with Crippen molar-refractivity contribution < 1.29 is 13.9 Å². The van der Waals surface area contributed by atoms with E-state index in [9.17, 15) is 4.79 Å². The van der Waals surface area contributed by atoms with Crippen molar-refractivity contribution in [2.45, 2.75) is 38.3 Å². The lowest BCUT2D eigenvalue weighted by atomic mass is 9.67. The Morgan fingerprint density at radius 2 is 2.20 bits per heavy atom. The zero-order valence-electron chi connectivity index (χ0n) is 11.7. The van der Waals surface area contributed by atoms with E-state index in [0.717, 1.165) is 51.2 Å². The van der Waals surface area contributed by atoms with Crippen LogP contribution in [-0.2, 0) is 16.1 Å². The van der Waals surface area contributed by atoms with Crippen LogP contribution in [0.15, 0.2) is 22.8 Å². The molecule has 0 radical (unpaired) electrons. The summed E-state index contributed by atoms with van der Waals surface area (Å²) in [6, 6.07) is 3.62. The van der Waals surface area contributed by atoms with Gasteiger partial charge in [0.2, 0.25) is 5.91 Å². The van der Waals surface area contributed by atoms with E-state index in [2.05, 4.69) is 4.90 Å². The number of hydrogen-bond acceptors (Lipinski definition) is 4. The van der Waals surface area contributed by atoms with Crippen molar-refractivity contribution in [1.82, 2.24) is 4.90 Å². The van der Waals surface area contributed by atoms with Gasteiger partial charge in [0.1, 0.15) is 5.76 Å². The summed E-state index contributed by atoms with van der Waals surface area (Å²) in [7, 11) is 0. The van der Waals surface area contributed by atoms with Crippen LogP contribution in [0.25, 0.3) is 0 Å². The summed E-state index contributed by atoms with van der Waals surface area (Å²) >= 11 is 0. The zero-order chi connectivity index (χ0) is 14.0. The van der Waals surface area contributed by atoms with Crippen molar-refractivity contribution in [3.8, 4) is 0 Å². The third-order valence-electron chi connectivity index (χ3n) is 4.76. The molecule has 0 bridgehead atoms. The maximum absolute atomic E-state index is 12.1. The molecule has 1 unspecified atom stereocenters. The summed E-state index contributed by atoms with van der Waals surface area (Å²) in [5.74, 6) is 0.679. The van der Waals surface area contributed by atoms with Crippen LogP contribution in [0.5, 0.6) is 0 Å². The third-order valence-corrected chi connectivity index (χ3v) is 4.76. The van der Waals surface area contributed by atoms with Gasteiger partial charge >= 0.3 is 0 Å². The number of nitrogens with zero attached hydrogens (tertiary/aromatic N) is 1. The van der Waals surface area contributed by atoms with Gasteiger partial charge in [-0.1, -0.05) is 0 Å². The van der Waals surface area contributed by atoms with Crippen LogP contribution < -0.4 is 5.73 Å². The molecule has 5 heteroatoms. The second-order valence-electron chi connectivity index (χ2n) is 5.93. The minimum Gasteiger partial charge on any atom is -0.468 e. The van der Waals surface area contributed by atoms with Gasteiger partial charge in [-0.25, -0.2) is 0 Å². The third kappa shape index (κ3) is 2.47. The topological polar surface area (TPSA) is 68.7 Å². The molecule has 1 spiro atoms. The number of rotatable bonds is 3. The van der Waals surface area contributed by atoms with Crippen molar-refractivity contribution in [2.75, 3.05) is 19.8 Å². The monoisotopic (exact) mass is 278 g/mol. The molecule has 110 valence electrons. The predicted molar refractivity (Wildman–Crippen MR) is 73.8 cm³/mol. The summed E-state index contributed by atoms with van der Waals surface area (Å²) in [4.78, 5) is 14.3. The summed E-state index contributed by atoms with van der Waals surface area (Å²) in [5.41, 5.74) is 5.74. The van der Waals surface area contributed by atoms with Crippen LogP contribution in [0.3, 0.4) is 0 Å². The fourth-order valence-electron chi connectivity index (χ4n) is 3.84. The first-order valence-electron chi connectivity index (χ1n) is 7.35. The summed E-state index contributed by atoms with van der Waals surface area (Å²) in [6.07, 6.45) is 5.69. The Balaban J connectivity index is 1.83. The number of nitrogens with two attached hydrogens (primary N) is 1. The predicted octanol–water partition coefficient (Wildman–Crippen LogP) is 1.53. The fourth-order valence-corrected chi connectivity index (χ4v) is 3.84. The number of piperidine rings is 1. The van der Waals surface area contributed by atoms with E-state index in [1.54, 1.807) is 6.26 Å². The van der Waals surface area contributed by atoms with Crippen molar-refractivity contribution in [3.05, 3.63) is 24.2 Å². The second-order valence-corrected chi connectivity index (χ2v) is 5.93. The molecule has 2 saturated heterocycles. The molecule has 0 aliphatic carbocycles. The normalized spacial score (nSPS) is 26.7. The molecule has 5 nitrogen and oxygen atoms in total. The number of furan rings is 1. The van der Waals surface area contributed by atoms with E-state index in [0.29, 0.717) is 6.54 Å². The van der Waals surface area contributed by atoms with Gasteiger partial charge in [-0.15, -0.1) is 0 Å². The molecule has 2 fully saturated rings. The van der Waals surface area contributed by atoms with Crippen molar-refractivity contribution in [1.29, 1.82) is 0 Å². The van der Waals surface area contributed by atoms with E-state index in [1.807, 2.05) is 12.1 Å². The summed E-state index contributed by atoms with van der Waals surface area (Å²) in [5, 5.41) is 0. The molecule has 1 aromatic heterocycles. The molecule has 1 aromatic rings. The highest BCUT2D eigenvalue weighted by Crippen LogP contribution is 2.44. The highest BCUT2D eigenvalue weighted by Gasteiger charge is 2.48. The minimum atomic E-state index is -0.210. The van der Waals surface area contributed by atoms with Gasteiger partial charge in [0.25, 0.3) is 0 Å². The maximum atomic E-state index is 12.1. The van der Waals surface area contributed by atoms with Crippen LogP contribution in [0.2, 0.25) is 0 Å². The number of likely N-dealkylation sites (tertiary alicyclic amines) is 1. The van der Waals surface area contributed by atoms with E-state index in [-0.39, 0.29) is 17.4 Å². The average Bonchev–Trinajstić information content (AvgIpc) is 2.92. The minimum absolute atomic E-state index is 0.00503. The summed E-state index contributed by atoms with van der Waals surface area (Å²) in [6.45, 7) is 3.02. The standard InChI is InChI=1S/C15H22N2O3/c16-14(18)13-15(5-9-19-10-6-15)4-2-7-17(13)11-12-3-1-8-20-12/h1,3,8,13H,2,4-7,9-11H2,(H2,16,18). The van der Waals surface area contributed by atoms with E-state index in [4.69, 9.17) is 14.9 Å². The molecule has 2 aliphatic heterocycles. The molecule has 2 aliphatic rings. The van der Waals surface area contributed by atoms with E-state index < -0.39 is 0 Å². The van der Waals surface area contributed by atoms with Crippen molar-refractivity contribution >= 4 is 5.91 Å². The number of primary amides is 1. The Morgan fingerprint density at radius 1 is 1.40 bits per heavy atom. The first kappa shape index (κ1) is 13.6. The number of carbonyl (C=O) groups excluding carboxylic acids is 1. The zero-order valence-corrected chi connectivity index (χ0v) is 11.7. The maximum Gasteiger partial charge on any atom is 0.235 e. The van der Waals surface area contributed by atoms with E-state index in [1.165, 1.54) is 0 Å². The second kappa shape index (κ2) is 5.58. The Kier molecular flexibility index (Phi) is 3.81. The van der Waals surface area contributed by atoms with Gasteiger partial charge in [0, 0.05) is 13.2 Å². The molecular weight excluding hydrogens is 256 g/mol. The largest absolute Gasteiger partial charge is 0.468 e. The molecule has 1 amide bonds. The molecule has 1 atom stereocenters. The van der Waals surface area contributed by atoms with Crippen LogP contribution in [0.1, 0.15) is 31.4 Å². The lowest BCUT2D eigenvalue weighted by Crippen LogP contribution is -2.59. The Hall–Kier alpha value is -1.33. The van der Waals surface area contributed by atoms with Gasteiger partial charge in [0.15, 0.2) is 0 Å². The van der Waals surface area contributed by atoms with Gasteiger partial charge in [0.05, 0.1) is 18.8 Å². The smallest absolute Gasteiger partial charge is 0.235 e. The van der Waals surface area contributed by atoms with Crippen molar-refractivity contribution in [3.63, 3.8) is 0 Å². The molecule has 3 rings (SSSR count). The molecule has 2 N–H and O–H groups in total. The molecule has 20 heavy (non-hydrogen) atoms. The van der Waals surface area contributed by atoms with Gasteiger partial charge in [-0.2, -0.15) is 0 Å². The number of hydrogen-bond donors (Lipinski definition) is 1. The lowest BCUT2D eigenvalue weighted by molar-refractivity contribution is -0.138. The lowest BCUT2D eigenvalue weighted by Gasteiger charge is -2.50. The molecule has 0 aromatic carbocycles. The SMILES string of the molecule is NC(=O)C1N(Cc2ccco2)CCCC12CCOCC2. The van der Waals surface area contributed by atoms with Gasteiger partial charge < -0.3 is 14.9 Å². The van der Waals surface area contributed by atoms with Crippen LogP contribution >= 0.6 is 0 Å². The Labute approximate surface area is 119 Å².